The second-order valence-corrected chi connectivity index (χ2v) is 8.81. The topological polar surface area (TPSA) is 75.7 Å². The molecule has 1 aliphatic rings. The SMILES string of the molecule is CN(CCOc1ccc(Cl)cc1)C(=O)C1(S(C)(=O)=O)CCNCC1. The minimum atomic E-state index is -3.50. The van der Waals surface area contributed by atoms with Gasteiger partial charge >= 0.3 is 0 Å². The van der Waals surface area contributed by atoms with Crippen molar-refractivity contribution in [1.82, 2.24) is 10.2 Å². The van der Waals surface area contributed by atoms with Gasteiger partial charge in [-0.05, 0) is 50.2 Å². The maximum Gasteiger partial charge on any atom is 0.243 e. The minimum absolute atomic E-state index is 0.280. The lowest BCUT2D eigenvalue weighted by molar-refractivity contribution is -0.133. The van der Waals surface area contributed by atoms with Gasteiger partial charge in [-0.15, -0.1) is 0 Å². The van der Waals surface area contributed by atoms with Gasteiger partial charge in [0.25, 0.3) is 0 Å². The summed E-state index contributed by atoms with van der Waals surface area (Å²) in [5.74, 6) is 0.297. The number of nitrogens with zero attached hydrogens (tertiary/aromatic N) is 1. The third kappa shape index (κ3) is 4.20. The number of benzene rings is 1. The number of ether oxygens (including phenoxy) is 1. The van der Waals surface area contributed by atoms with E-state index in [4.69, 9.17) is 16.3 Å². The molecule has 0 saturated carbocycles. The van der Waals surface area contributed by atoms with Crippen molar-refractivity contribution in [3.8, 4) is 5.75 Å². The lowest BCUT2D eigenvalue weighted by Crippen LogP contribution is -2.57. The molecule has 0 spiro atoms. The highest BCUT2D eigenvalue weighted by Crippen LogP contribution is 2.29. The molecular formula is C16H23ClN2O4S. The molecule has 1 amide bonds. The average Bonchev–Trinajstić information content (AvgIpc) is 2.55. The minimum Gasteiger partial charge on any atom is -0.492 e. The summed E-state index contributed by atoms with van der Waals surface area (Å²) in [6.45, 7) is 1.63. The molecule has 0 unspecified atom stereocenters. The highest BCUT2D eigenvalue weighted by Gasteiger charge is 2.49. The average molecular weight is 375 g/mol. The number of rotatable bonds is 6. The van der Waals surface area contributed by atoms with Gasteiger partial charge in [-0.1, -0.05) is 11.6 Å². The van der Waals surface area contributed by atoms with Crippen molar-refractivity contribution in [2.45, 2.75) is 17.6 Å². The first-order valence-electron chi connectivity index (χ1n) is 7.80. The van der Waals surface area contributed by atoms with Crippen LogP contribution in [0.4, 0.5) is 0 Å². The number of nitrogens with one attached hydrogen (secondary N) is 1. The van der Waals surface area contributed by atoms with E-state index in [2.05, 4.69) is 5.32 Å². The monoisotopic (exact) mass is 374 g/mol. The van der Waals surface area contributed by atoms with Crippen molar-refractivity contribution in [2.75, 3.05) is 39.5 Å². The van der Waals surface area contributed by atoms with Crippen LogP contribution < -0.4 is 10.1 Å². The van der Waals surface area contributed by atoms with Gasteiger partial charge in [0.15, 0.2) is 14.6 Å². The van der Waals surface area contributed by atoms with Gasteiger partial charge in [-0.2, -0.15) is 0 Å². The quantitative estimate of drug-likeness (QED) is 0.813. The van der Waals surface area contributed by atoms with E-state index >= 15 is 0 Å². The molecule has 134 valence electrons. The van der Waals surface area contributed by atoms with Gasteiger partial charge in [0.1, 0.15) is 12.4 Å². The van der Waals surface area contributed by atoms with Crippen LogP contribution in [0.15, 0.2) is 24.3 Å². The molecule has 0 aliphatic carbocycles. The van der Waals surface area contributed by atoms with Gasteiger partial charge in [0.2, 0.25) is 5.91 Å². The van der Waals surface area contributed by atoms with Crippen molar-refractivity contribution in [1.29, 1.82) is 0 Å². The van der Waals surface area contributed by atoms with E-state index in [0.29, 0.717) is 43.2 Å². The molecule has 1 heterocycles. The van der Waals surface area contributed by atoms with E-state index in [1.807, 2.05) is 0 Å². The second kappa shape index (κ2) is 7.72. The Morgan fingerprint density at radius 1 is 1.29 bits per heavy atom. The smallest absolute Gasteiger partial charge is 0.243 e. The molecule has 24 heavy (non-hydrogen) atoms. The third-order valence-corrected chi connectivity index (χ3v) is 6.62. The largest absolute Gasteiger partial charge is 0.492 e. The summed E-state index contributed by atoms with van der Waals surface area (Å²) in [5, 5.41) is 3.72. The van der Waals surface area contributed by atoms with Crippen molar-refractivity contribution in [3.05, 3.63) is 29.3 Å². The lowest BCUT2D eigenvalue weighted by Gasteiger charge is -2.37. The van der Waals surface area contributed by atoms with Crippen LogP contribution in [0.5, 0.6) is 5.75 Å². The number of likely N-dealkylation sites (N-methyl/N-ethyl adjacent to an activating group) is 1. The molecule has 1 aromatic carbocycles. The second-order valence-electron chi connectivity index (χ2n) is 6.05. The van der Waals surface area contributed by atoms with E-state index in [9.17, 15) is 13.2 Å². The van der Waals surface area contributed by atoms with Crippen molar-refractivity contribution in [3.63, 3.8) is 0 Å². The molecule has 0 atom stereocenters. The number of halogens is 1. The zero-order chi connectivity index (χ0) is 17.8. The number of sulfone groups is 1. The molecule has 0 radical (unpaired) electrons. The van der Waals surface area contributed by atoms with Gasteiger partial charge in [-0.25, -0.2) is 8.42 Å². The number of carbonyl (C=O) groups is 1. The van der Waals surface area contributed by atoms with Crippen LogP contribution in [-0.2, 0) is 14.6 Å². The first-order chi connectivity index (χ1) is 11.3. The van der Waals surface area contributed by atoms with Crippen molar-refractivity contribution < 1.29 is 17.9 Å². The van der Waals surface area contributed by atoms with Crippen LogP contribution in [-0.4, -0.2) is 63.5 Å². The molecular weight excluding hydrogens is 352 g/mol. The van der Waals surface area contributed by atoms with Gasteiger partial charge in [0, 0.05) is 18.3 Å². The summed E-state index contributed by atoms with van der Waals surface area (Å²) in [5.41, 5.74) is 0. The maximum atomic E-state index is 12.8. The summed E-state index contributed by atoms with van der Waals surface area (Å²) < 4.78 is 28.8. The molecule has 1 aliphatic heterocycles. The summed E-state index contributed by atoms with van der Waals surface area (Å²) in [6, 6.07) is 6.93. The molecule has 1 N–H and O–H groups in total. The predicted molar refractivity (Wildman–Crippen MR) is 94.3 cm³/mol. The van der Waals surface area contributed by atoms with Crippen LogP contribution >= 0.6 is 11.6 Å². The van der Waals surface area contributed by atoms with Gasteiger partial charge in [-0.3, -0.25) is 4.79 Å². The van der Waals surface area contributed by atoms with E-state index in [0.717, 1.165) is 6.26 Å². The van der Waals surface area contributed by atoms with Crippen molar-refractivity contribution in [2.24, 2.45) is 0 Å². The Morgan fingerprint density at radius 2 is 1.88 bits per heavy atom. The Kier molecular flexibility index (Phi) is 6.11. The summed E-state index contributed by atoms with van der Waals surface area (Å²) >= 11 is 5.81. The van der Waals surface area contributed by atoms with E-state index in [-0.39, 0.29) is 12.5 Å². The van der Waals surface area contributed by atoms with E-state index in [1.165, 1.54) is 4.90 Å². The number of piperidine rings is 1. The Bertz CT molecular complexity index is 670. The van der Waals surface area contributed by atoms with E-state index < -0.39 is 14.6 Å². The Balaban J connectivity index is 1.98. The summed E-state index contributed by atoms with van der Waals surface area (Å²) in [4.78, 5) is 14.2. The fourth-order valence-corrected chi connectivity index (χ4v) is 4.40. The standard InChI is InChI=1S/C16H23ClN2O4S/c1-19(11-12-23-14-5-3-13(17)4-6-14)15(20)16(24(2,21)22)7-9-18-10-8-16/h3-6,18H,7-12H2,1-2H3. The fourth-order valence-electron chi connectivity index (χ4n) is 2.85. The molecule has 8 heteroatoms. The molecule has 1 saturated heterocycles. The normalized spacial score (nSPS) is 17.3. The first kappa shape index (κ1) is 19.0. The summed E-state index contributed by atoms with van der Waals surface area (Å²) in [7, 11) is -1.89. The highest BCUT2D eigenvalue weighted by atomic mass is 35.5. The molecule has 1 fully saturated rings. The van der Waals surface area contributed by atoms with Crippen LogP contribution in [0.2, 0.25) is 5.02 Å². The lowest BCUT2D eigenvalue weighted by atomic mass is 9.95. The Hall–Kier alpha value is -1.31. The molecule has 0 aromatic heterocycles. The van der Waals surface area contributed by atoms with Crippen LogP contribution in [0.1, 0.15) is 12.8 Å². The van der Waals surface area contributed by atoms with Gasteiger partial charge in [0.05, 0.1) is 6.54 Å². The van der Waals surface area contributed by atoms with Crippen LogP contribution in [0, 0.1) is 0 Å². The van der Waals surface area contributed by atoms with Crippen LogP contribution in [0.25, 0.3) is 0 Å². The number of carbonyl (C=O) groups excluding carboxylic acids is 1. The first-order valence-corrected chi connectivity index (χ1v) is 10.1. The zero-order valence-electron chi connectivity index (χ0n) is 13.9. The Morgan fingerprint density at radius 3 is 2.42 bits per heavy atom. The number of hydrogen-bond acceptors (Lipinski definition) is 5. The van der Waals surface area contributed by atoms with Crippen LogP contribution in [0.3, 0.4) is 0 Å². The zero-order valence-corrected chi connectivity index (χ0v) is 15.5. The number of amides is 1. The molecule has 0 bridgehead atoms. The van der Waals surface area contributed by atoms with Crippen molar-refractivity contribution >= 4 is 27.3 Å². The molecule has 1 aromatic rings. The van der Waals surface area contributed by atoms with Gasteiger partial charge < -0.3 is 15.0 Å². The molecule has 6 nitrogen and oxygen atoms in total. The fraction of sp³-hybridized carbons (Fsp3) is 0.562. The highest BCUT2D eigenvalue weighted by molar-refractivity contribution is 7.92. The molecule has 2 rings (SSSR count). The summed E-state index contributed by atoms with van der Waals surface area (Å²) in [6.07, 6.45) is 1.74. The predicted octanol–water partition coefficient (Wildman–Crippen LogP) is 1.34. The Labute approximate surface area is 148 Å². The van der Waals surface area contributed by atoms with E-state index in [1.54, 1.807) is 31.3 Å². The number of hydrogen-bond donors (Lipinski definition) is 1. The third-order valence-electron chi connectivity index (χ3n) is 4.37. The maximum absolute atomic E-state index is 12.8.